The SMILES string of the molecule is C.Cc1ccc(C(Cc2ccc(C3(C)CC[N+]4(CCCCC4)CC3)cc2)(c2ccccc2)C(F)(F)F)cc1.Cc1ccc(C(Cc2ccc(C3(C)CC[N+]4(CCCCC4)CC3)cc2)(c2ccccc2)C(F)(F)F)cc1.O=C(c1ccccc1)C(F)(F)F.O=C1CC[N+]2(CCCCC2)CC1.[I-].[I-].[OH-].c1ccccc1. The average Bonchev–Trinajstić information content (AvgIpc) is 0.745. The zero-order valence-corrected chi connectivity index (χ0v) is 66.9. The molecule has 6 aliphatic rings. The van der Waals surface area contributed by atoms with E-state index < -0.39 is 35.1 Å². The van der Waals surface area contributed by atoms with Gasteiger partial charge in [0.1, 0.15) is 16.6 Å². The van der Waals surface area contributed by atoms with Crippen molar-refractivity contribution in [2.45, 2.75) is 184 Å². The molecule has 0 bridgehead atoms. The van der Waals surface area contributed by atoms with Gasteiger partial charge in [0.15, 0.2) is 0 Å². The Hall–Kier alpha value is -6.23. The van der Waals surface area contributed by atoms with E-state index >= 15 is 26.3 Å². The molecule has 2 unspecified atom stereocenters. The third-order valence-electron chi connectivity index (χ3n) is 24.4. The number of halogens is 11. The summed E-state index contributed by atoms with van der Waals surface area (Å²) in [7, 11) is 0. The van der Waals surface area contributed by atoms with Crippen LogP contribution in [0.3, 0.4) is 0 Å². The van der Waals surface area contributed by atoms with Crippen LogP contribution in [0.2, 0.25) is 0 Å². The molecule has 6 fully saturated rings. The third kappa shape index (κ3) is 22.5. The smallest absolute Gasteiger partial charge is 0.454 e. The van der Waals surface area contributed by atoms with Gasteiger partial charge < -0.3 is 66.9 Å². The van der Waals surface area contributed by atoms with Crippen LogP contribution < -0.4 is 48.0 Å². The van der Waals surface area contributed by atoms with E-state index in [2.05, 4.69) is 38.1 Å². The maximum atomic E-state index is 15.1. The summed E-state index contributed by atoms with van der Waals surface area (Å²) in [6.45, 7) is 23.6. The Balaban J connectivity index is 0.000000238. The Morgan fingerprint density at radius 3 is 0.889 bits per heavy atom. The van der Waals surface area contributed by atoms with Crippen LogP contribution in [0.25, 0.3) is 0 Å². The van der Waals surface area contributed by atoms with Crippen molar-refractivity contribution in [1.29, 1.82) is 0 Å². The maximum Gasteiger partial charge on any atom is 0.454 e. The van der Waals surface area contributed by atoms with E-state index in [0.29, 0.717) is 16.9 Å². The van der Waals surface area contributed by atoms with Gasteiger partial charge in [0.25, 0.3) is 5.78 Å². The predicted molar refractivity (Wildman–Crippen MR) is 409 cm³/mol. The fraction of sp³-hybridized carbons (Fsp3) is 0.451. The van der Waals surface area contributed by atoms with E-state index in [1.165, 1.54) is 160 Å². The number of alkyl halides is 9. The number of hydrogen-bond donors (Lipinski definition) is 0. The number of carbonyl (C=O) groups is 2. The van der Waals surface area contributed by atoms with Crippen LogP contribution in [0.4, 0.5) is 39.5 Å². The summed E-state index contributed by atoms with van der Waals surface area (Å²) in [5, 5.41) is 0. The Bertz CT molecular complexity index is 3710. The lowest BCUT2D eigenvalue weighted by Crippen LogP contribution is -3.00. The molecule has 0 radical (unpaired) electrons. The number of ketones is 2. The van der Waals surface area contributed by atoms with E-state index in [9.17, 15) is 22.8 Å². The van der Waals surface area contributed by atoms with Gasteiger partial charge in [-0.1, -0.05) is 257 Å². The highest BCUT2D eigenvalue weighted by Crippen LogP contribution is 2.51. The standard InChI is InChI=1S/2C33H39F3N.C10H18NO.C8H5F3O.C6H6.CH4.2HI.H2O/c2*1-26-11-15-30(16-12-26)32(33(34,35)36,29-9-5-3-6-10-29)25-27-13-17-28(18-14-27)31(2)19-23-37(24-20-31)21-7-4-8-22-37;12-10-4-8-11(9-5-10)6-2-1-3-7-11;9-8(10,11)7(12)6-4-2-1-3-5-6;1-2-4-6-5-3-1;;;;/h2*3,5-6,9-18H,4,7-8,19-25H2,1-2H3;1-9H2;1-5H;1-6H;1H4;2*1H;1H2/q3*+1;;;;;;/p-3. The van der Waals surface area contributed by atoms with E-state index in [4.69, 9.17) is 0 Å². The quantitative estimate of drug-likeness (QED) is 0.0561. The molecule has 6 aliphatic heterocycles. The first-order valence-corrected chi connectivity index (χ1v) is 38.0. The summed E-state index contributed by atoms with van der Waals surface area (Å²) in [5.74, 6) is -1.31. The molecule has 1 N–H and O–H groups in total. The van der Waals surface area contributed by atoms with Gasteiger partial charge in [-0.25, -0.2) is 0 Å². The zero-order chi connectivity index (χ0) is 74.2. The van der Waals surface area contributed by atoms with Gasteiger partial charge in [0.05, 0.1) is 91.4 Å². The number of piperidine rings is 6. The van der Waals surface area contributed by atoms with E-state index in [1.54, 1.807) is 115 Å². The molecule has 586 valence electrons. The normalized spacial score (nSPS) is 20.1. The van der Waals surface area contributed by atoms with Crippen LogP contribution in [-0.2, 0) is 39.3 Å². The maximum absolute atomic E-state index is 15.1. The molecule has 6 nitrogen and oxygen atoms in total. The van der Waals surface area contributed by atoms with Crippen LogP contribution in [0, 0.1) is 13.8 Å². The van der Waals surface area contributed by atoms with Crippen LogP contribution in [0.15, 0.2) is 224 Å². The predicted octanol–water partition coefficient (Wildman–Crippen LogP) is 16.2. The van der Waals surface area contributed by atoms with Gasteiger partial charge in [-0.3, -0.25) is 9.59 Å². The largest absolute Gasteiger partial charge is 1.00 e. The molecule has 0 aliphatic carbocycles. The van der Waals surface area contributed by atoms with Crippen molar-refractivity contribution in [2.75, 3.05) is 78.5 Å². The molecular weight excluding hydrogens is 1610 g/mol. The summed E-state index contributed by atoms with van der Waals surface area (Å²) in [5.41, 5.74) is 2.64. The van der Waals surface area contributed by atoms with Gasteiger partial charge in [-0.15, -0.1) is 0 Å². The van der Waals surface area contributed by atoms with Crippen molar-refractivity contribution in [2.24, 2.45) is 0 Å². The fourth-order valence-corrected chi connectivity index (χ4v) is 17.4. The molecule has 0 aromatic heterocycles. The number of hydrogen-bond acceptors (Lipinski definition) is 3. The number of quaternary nitrogens is 3. The highest BCUT2D eigenvalue weighted by Gasteiger charge is 2.58. The minimum Gasteiger partial charge on any atom is -1.00 e. The molecule has 3 spiro atoms. The molecule has 2 atom stereocenters. The minimum atomic E-state index is -4.78. The van der Waals surface area contributed by atoms with Crippen molar-refractivity contribution in [3.63, 3.8) is 0 Å². The summed E-state index contributed by atoms with van der Waals surface area (Å²) in [6, 6.07) is 65.3. The van der Waals surface area contributed by atoms with Crippen molar-refractivity contribution in [3.8, 4) is 0 Å². The Labute approximate surface area is 671 Å². The number of rotatable bonds is 11. The molecule has 0 saturated carbocycles. The molecule has 6 heterocycles. The summed E-state index contributed by atoms with van der Waals surface area (Å²) in [6.07, 6.45) is 4.61. The Morgan fingerprint density at radius 2 is 0.611 bits per heavy atom. The highest BCUT2D eigenvalue weighted by atomic mass is 127. The zero-order valence-electron chi connectivity index (χ0n) is 62.6. The topological polar surface area (TPSA) is 64.1 Å². The van der Waals surface area contributed by atoms with Crippen LogP contribution in [-0.4, -0.2) is 128 Å². The minimum absolute atomic E-state index is 0. The fourth-order valence-electron chi connectivity index (χ4n) is 17.4. The summed E-state index contributed by atoms with van der Waals surface area (Å²) < 4.78 is 130. The van der Waals surface area contributed by atoms with Crippen molar-refractivity contribution >= 4 is 11.6 Å². The summed E-state index contributed by atoms with van der Waals surface area (Å²) in [4.78, 5) is 21.6. The van der Waals surface area contributed by atoms with E-state index in [0.717, 1.165) is 74.9 Å². The lowest BCUT2D eigenvalue weighted by atomic mass is 9.69. The molecule has 8 aromatic carbocycles. The highest BCUT2D eigenvalue weighted by molar-refractivity contribution is 6.00. The Kier molecular flexibility index (Phi) is 33.4. The van der Waals surface area contributed by atoms with Gasteiger partial charge in [0, 0.05) is 42.1 Å². The molecule has 6 saturated heterocycles. The van der Waals surface area contributed by atoms with Gasteiger partial charge >= 0.3 is 18.5 Å². The van der Waals surface area contributed by atoms with Crippen LogP contribution in [0.5, 0.6) is 0 Å². The lowest BCUT2D eigenvalue weighted by Gasteiger charge is -2.49. The average molecular weight is 1720 g/mol. The third-order valence-corrected chi connectivity index (χ3v) is 24.4. The van der Waals surface area contributed by atoms with Gasteiger partial charge in [-0.2, -0.15) is 39.5 Å². The first-order valence-electron chi connectivity index (χ1n) is 38.0. The second-order valence-electron chi connectivity index (χ2n) is 31.4. The number of carbonyl (C=O) groups excluding carboxylic acids is 2. The van der Waals surface area contributed by atoms with Crippen molar-refractivity contribution in [3.05, 3.63) is 286 Å². The second kappa shape index (κ2) is 39.8. The summed E-state index contributed by atoms with van der Waals surface area (Å²) >= 11 is 0. The molecule has 8 aromatic rings. The van der Waals surface area contributed by atoms with Crippen LogP contribution >= 0.6 is 0 Å². The van der Waals surface area contributed by atoms with E-state index in [1.807, 2.05) is 74.5 Å². The van der Waals surface area contributed by atoms with Gasteiger partial charge in [-0.05, 0) is 129 Å². The number of nitrogens with zero attached hydrogens (tertiary/aromatic N) is 3. The Morgan fingerprint density at radius 1 is 0.352 bits per heavy atom. The lowest BCUT2D eigenvalue weighted by molar-refractivity contribution is -0.938. The number of Topliss-reactive ketones (excluding diaryl/α,β-unsaturated/α-hetero) is 2. The van der Waals surface area contributed by atoms with Gasteiger partial charge in [0.2, 0.25) is 0 Å². The number of aryl methyl sites for hydroxylation is 2. The number of benzene rings is 8. The van der Waals surface area contributed by atoms with Crippen molar-refractivity contribution < 1.29 is 116 Å². The van der Waals surface area contributed by atoms with Crippen LogP contribution in [0.1, 0.15) is 184 Å². The molecule has 14 rings (SSSR count). The first-order chi connectivity index (χ1) is 49.6. The van der Waals surface area contributed by atoms with E-state index in [-0.39, 0.29) is 112 Å². The molecule has 108 heavy (non-hydrogen) atoms. The molecule has 0 amide bonds. The van der Waals surface area contributed by atoms with Crippen molar-refractivity contribution in [1.82, 2.24) is 0 Å². The molecule has 17 heteroatoms. The molecular formula is C91H112F9I2N3O3. The first kappa shape index (κ1) is 90.7. The second-order valence-corrected chi connectivity index (χ2v) is 31.4. The monoisotopic (exact) mass is 1720 g/mol.